The molecule has 4 aromatic rings. The Morgan fingerprint density at radius 2 is 1.88 bits per heavy atom. The number of halogens is 2. The number of carbonyl (C=O) groups is 1. The topological polar surface area (TPSA) is 78.3 Å². The summed E-state index contributed by atoms with van der Waals surface area (Å²) in [5.41, 5.74) is 1.96. The lowest BCUT2D eigenvalue weighted by Crippen LogP contribution is -2.29. The molecule has 0 spiro atoms. The zero-order valence-corrected chi connectivity index (χ0v) is 19.2. The molecule has 0 aliphatic heterocycles. The molecule has 7 nitrogen and oxygen atoms in total. The Hall–Kier alpha value is -3.53. The van der Waals surface area contributed by atoms with Crippen molar-refractivity contribution in [2.24, 2.45) is 5.92 Å². The molecule has 2 aromatic heterocycles. The summed E-state index contributed by atoms with van der Waals surface area (Å²) in [6.45, 7) is 3.73. The normalized spacial score (nSPS) is 12.2. The molecule has 0 fully saturated rings. The second kappa shape index (κ2) is 9.14. The highest BCUT2D eigenvalue weighted by Gasteiger charge is 2.27. The van der Waals surface area contributed by atoms with E-state index in [-0.39, 0.29) is 17.3 Å². The van der Waals surface area contributed by atoms with Gasteiger partial charge in [0.1, 0.15) is 17.5 Å². The number of benzene rings is 2. The van der Waals surface area contributed by atoms with Crippen molar-refractivity contribution >= 4 is 33.4 Å². The fourth-order valence-electron chi connectivity index (χ4n) is 3.64. The zero-order chi connectivity index (χ0) is 23.7. The minimum atomic E-state index is -0.996. The van der Waals surface area contributed by atoms with Crippen molar-refractivity contribution in [3.05, 3.63) is 53.7 Å². The van der Waals surface area contributed by atoms with Crippen LogP contribution < -0.4 is 14.8 Å². The second-order valence-electron chi connectivity index (χ2n) is 7.69. The van der Waals surface area contributed by atoms with Gasteiger partial charge in [-0.15, -0.1) is 11.3 Å². The van der Waals surface area contributed by atoms with Crippen molar-refractivity contribution in [1.82, 2.24) is 14.5 Å². The second-order valence-corrected chi connectivity index (χ2v) is 8.55. The molecule has 0 aliphatic rings. The van der Waals surface area contributed by atoms with Gasteiger partial charge >= 0.3 is 0 Å². The molecule has 4 rings (SSSR count). The van der Waals surface area contributed by atoms with Crippen molar-refractivity contribution in [1.29, 1.82) is 0 Å². The highest BCUT2D eigenvalue weighted by molar-refractivity contribution is 7.14. The highest BCUT2D eigenvalue weighted by Crippen LogP contribution is 2.35. The third-order valence-electron chi connectivity index (χ3n) is 5.23. The molecule has 2 aromatic carbocycles. The van der Waals surface area contributed by atoms with Gasteiger partial charge in [0.05, 0.1) is 37.3 Å². The molecule has 1 N–H and O–H groups in total. The van der Waals surface area contributed by atoms with Crippen molar-refractivity contribution in [3.8, 4) is 22.8 Å². The summed E-state index contributed by atoms with van der Waals surface area (Å²) in [6, 6.07) is 6.74. The number of methoxy groups -OCH3 is 2. The van der Waals surface area contributed by atoms with Gasteiger partial charge in [0.15, 0.2) is 16.8 Å². The molecular weight excluding hydrogens is 450 g/mol. The van der Waals surface area contributed by atoms with Crippen molar-refractivity contribution in [2.45, 2.75) is 19.9 Å². The van der Waals surface area contributed by atoms with Gasteiger partial charge in [-0.2, -0.15) is 0 Å². The van der Waals surface area contributed by atoms with Crippen LogP contribution in [0.25, 0.3) is 22.3 Å². The van der Waals surface area contributed by atoms with Crippen LogP contribution >= 0.6 is 11.3 Å². The predicted molar refractivity (Wildman–Crippen MR) is 123 cm³/mol. The predicted octanol–water partition coefficient (Wildman–Crippen LogP) is 5.29. The van der Waals surface area contributed by atoms with E-state index >= 15 is 0 Å². The number of nitrogens with one attached hydrogen (secondary N) is 1. The van der Waals surface area contributed by atoms with Gasteiger partial charge in [0, 0.05) is 23.1 Å². The highest BCUT2D eigenvalue weighted by atomic mass is 32.1. The molecule has 1 atom stereocenters. The van der Waals surface area contributed by atoms with E-state index in [1.165, 1.54) is 17.7 Å². The first-order valence-corrected chi connectivity index (χ1v) is 11.0. The summed E-state index contributed by atoms with van der Waals surface area (Å²) in [7, 11) is 3.14. The summed E-state index contributed by atoms with van der Waals surface area (Å²) >= 11 is 1.27. The average molecular weight is 473 g/mol. The Bertz CT molecular complexity index is 1320. The number of carbonyl (C=O) groups excluding carboxylic acids is 1. The lowest BCUT2D eigenvalue weighted by atomic mass is 10.0. The Balaban J connectivity index is 1.63. The minimum absolute atomic E-state index is 0.159. The van der Waals surface area contributed by atoms with E-state index in [0.717, 1.165) is 17.7 Å². The van der Waals surface area contributed by atoms with Crippen LogP contribution in [0.4, 0.5) is 13.9 Å². The van der Waals surface area contributed by atoms with Crippen LogP contribution in [0.3, 0.4) is 0 Å². The Morgan fingerprint density at radius 3 is 2.58 bits per heavy atom. The molecule has 0 saturated heterocycles. The first-order valence-electron chi connectivity index (χ1n) is 10.1. The molecule has 172 valence electrons. The number of ether oxygens (including phenoxy) is 2. The number of thiazole rings is 1. The lowest BCUT2D eigenvalue weighted by Gasteiger charge is -2.22. The number of imidazole rings is 1. The van der Waals surface area contributed by atoms with Gasteiger partial charge in [-0.1, -0.05) is 13.8 Å². The first kappa shape index (κ1) is 22.7. The quantitative estimate of drug-likeness (QED) is 0.395. The van der Waals surface area contributed by atoms with Gasteiger partial charge in [-0.25, -0.2) is 18.7 Å². The maximum absolute atomic E-state index is 13.9. The number of hydrogen-bond donors (Lipinski definition) is 1. The van der Waals surface area contributed by atoms with Gasteiger partial charge in [0.2, 0.25) is 5.91 Å². The van der Waals surface area contributed by atoms with Gasteiger partial charge in [0.25, 0.3) is 0 Å². The van der Waals surface area contributed by atoms with Gasteiger partial charge in [-0.3, -0.25) is 4.79 Å². The largest absolute Gasteiger partial charge is 0.497 e. The number of amides is 1. The van der Waals surface area contributed by atoms with E-state index in [2.05, 4.69) is 15.3 Å². The van der Waals surface area contributed by atoms with E-state index in [0.29, 0.717) is 27.8 Å². The van der Waals surface area contributed by atoms with Crippen LogP contribution in [0.15, 0.2) is 42.0 Å². The Labute approximate surface area is 193 Å². The van der Waals surface area contributed by atoms with Gasteiger partial charge in [-0.05, 0) is 24.1 Å². The van der Waals surface area contributed by atoms with E-state index < -0.39 is 17.7 Å². The lowest BCUT2D eigenvalue weighted by molar-refractivity contribution is -0.120. The fraction of sp³-hybridized carbons (Fsp3) is 0.261. The number of nitrogens with zero attached hydrogens (tertiary/aromatic N) is 3. The Kier molecular flexibility index (Phi) is 6.28. The number of rotatable bonds is 7. The summed E-state index contributed by atoms with van der Waals surface area (Å²) in [5.74, 6) is -1.20. The molecule has 0 saturated carbocycles. The summed E-state index contributed by atoms with van der Waals surface area (Å²) in [6.07, 6.45) is 1.42. The van der Waals surface area contributed by atoms with Crippen molar-refractivity contribution < 1.29 is 23.0 Å². The molecule has 0 aliphatic carbocycles. The molecule has 0 bridgehead atoms. The number of anilines is 1. The van der Waals surface area contributed by atoms with E-state index in [1.54, 1.807) is 30.9 Å². The number of fused-ring (bicyclic) bond motifs is 1. The molecule has 1 amide bonds. The molecule has 2 heterocycles. The molecule has 33 heavy (non-hydrogen) atoms. The monoisotopic (exact) mass is 472 g/mol. The smallest absolute Gasteiger partial charge is 0.249 e. The van der Waals surface area contributed by atoms with Crippen LogP contribution in [-0.4, -0.2) is 34.7 Å². The average Bonchev–Trinajstić information content (AvgIpc) is 3.41. The summed E-state index contributed by atoms with van der Waals surface area (Å²) in [4.78, 5) is 21.9. The third kappa shape index (κ3) is 4.38. The van der Waals surface area contributed by atoms with Gasteiger partial charge < -0.3 is 19.4 Å². The maximum atomic E-state index is 13.9. The minimum Gasteiger partial charge on any atom is -0.497 e. The standard InChI is InChI=1S/C23H22F2N4O3S/c1-12(2)21(29-11-26-17-8-15(24)16(25)9-19(17)29)22(30)28-23-27-18(10-33-23)14-7-13(31-3)5-6-20(14)32-4/h5-12,21H,1-4H3,(H,27,28,30). The van der Waals surface area contributed by atoms with Crippen LogP contribution in [0.5, 0.6) is 11.5 Å². The Morgan fingerprint density at radius 1 is 1.12 bits per heavy atom. The zero-order valence-electron chi connectivity index (χ0n) is 18.4. The van der Waals surface area contributed by atoms with Crippen LogP contribution in [0.1, 0.15) is 19.9 Å². The summed E-state index contributed by atoms with van der Waals surface area (Å²) in [5, 5.41) is 5.04. The molecule has 0 radical (unpaired) electrons. The van der Waals surface area contributed by atoms with E-state index in [4.69, 9.17) is 9.47 Å². The molecular formula is C23H22F2N4O3S. The summed E-state index contributed by atoms with van der Waals surface area (Å²) < 4.78 is 39.7. The molecule has 1 unspecified atom stereocenters. The van der Waals surface area contributed by atoms with Crippen LogP contribution in [0.2, 0.25) is 0 Å². The van der Waals surface area contributed by atoms with E-state index in [9.17, 15) is 13.6 Å². The SMILES string of the molecule is COc1ccc(OC)c(-c2csc(NC(=O)C(C(C)C)n3cnc4cc(F)c(F)cc43)n2)c1. The fourth-order valence-corrected chi connectivity index (χ4v) is 4.36. The first-order chi connectivity index (χ1) is 15.8. The van der Waals surface area contributed by atoms with Crippen molar-refractivity contribution in [2.75, 3.05) is 19.5 Å². The third-order valence-corrected chi connectivity index (χ3v) is 5.99. The maximum Gasteiger partial charge on any atom is 0.249 e. The van der Waals surface area contributed by atoms with Crippen molar-refractivity contribution in [3.63, 3.8) is 0 Å². The number of hydrogen-bond acceptors (Lipinski definition) is 6. The van der Waals surface area contributed by atoms with Crippen LogP contribution in [0, 0.1) is 17.6 Å². The van der Waals surface area contributed by atoms with Crippen LogP contribution in [-0.2, 0) is 4.79 Å². The number of aromatic nitrogens is 3. The van der Waals surface area contributed by atoms with E-state index in [1.807, 2.05) is 25.3 Å². The molecule has 10 heteroatoms.